The molecule has 0 heterocycles. The van der Waals surface area contributed by atoms with Crippen molar-refractivity contribution >= 4 is 12.3 Å². The van der Waals surface area contributed by atoms with E-state index in [2.05, 4.69) is 0 Å². The van der Waals surface area contributed by atoms with Gasteiger partial charge in [-0.25, -0.2) is 0 Å². The topological polar surface area (TPSA) is 69.4 Å². The van der Waals surface area contributed by atoms with Crippen LogP contribution >= 0.6 is 0 Å². The zero-order valence-electron chi connectivity index (χ0n) is 8.53. The van der Waals surface area contributed by atoms with Crippen LogP contribution in [0.3, 0.4) is 0 Å². The minimum atomic E-state index is -1.11. The summed E-state index contributed by atoms with van der Waals surface area (Å²) in [6.45, 7) is 6.55. The Kier molecular flexibility index (Phi) is 4.07. The zero-order valence-corrected chi connectivity index (χ0v) is 8.53. The molecule has 2 atom stereocenters. The van der Waals surface area contributed by atoms with Crippen molar-refractivity contribution in [2.24, 2.45) is 11.7 Å². The molecule has 0 aliphatic heterocycles. The predicted molar refractivity (Wildman–Crippen MR) is 49.0 cm³/mol. The largest absolute Gasteiger partial charge is 0.460 e. The molecule has 2 unspecified atom stereocenters. The van der Waals surface area contributed by atoms with Crippen molar-refractivity contribution in [1.82, 2.24) is 0 Å². The minimum absolute atomic E-state index is 0.0177. The molecule has 0 radical (unpaired) electrons. The van der Waals surface area contributed by atoms with Gasteiger partial charge in [0.2, 0.25) is 0 Å². The highest BCUT2D eigenvalue weighted by atomic mass is 16.5. The lowest BCUT2D eigenvalue weighted by Crippen LogP contribution is -2.53. The van der Waals surface area contributed by atoms with Crippen LogP contribution in [0.1, 0.15) is 27.7 Å². The first kappa shape index (κ1) is 12.1. The van der Waals surface area contributed by atoms with Crippen LogP contribution in [0.15, 0.2) is 0 Å². The van der Waals surface area contributed by atoms with Crippen molar-refractivity contribution in [3.8, 4) is 0 Å². The molecule has 0 aliphatic rings. The first-order valence-electron chi connectivity index (χ1n) is 4.23. The van der Waals surface area contributed by atoms with Crippen LogP contribution in [0.2, 0.25) is 0 Å². The Labute approximate surface area is 78.4 Å². The third kappa shape index (κ3) is 3.55. The van der Waals surface area contributed by atoms with Crippen molar-refractivity contribution < 1.29 is 14.3 Å². The van der Waals surface area contributed by atoms with Gasteiger partial charge < -0.3 is 15.3 Å². The third-order valence-electron chi connectivity index (χ3n) is 1.77. The van der Waals surface area contributed by atoms with E-state index >= 15 is 0 Å². The van der Waals surface area contributed by atoms with E-state index in [0.29, 0.717) is 6.29 Å². The highest BCUT2D eigenvalue weighted by Gasteiger charge is 2.34. The fraction of sp³-hybridized carbons (Fsp3) is 0.778. The van der Waals surface area contributed by atoms with Crippen LogP contribution in [-0.2, 0) is 14.3 Å². The maximum atomic E-state index is 10.7. The normalized spacial score (nSPS) is 17.7. The Balaban J connectivity index is 4.60. The van der Waals surface area contributed by atoms with E-state index in [0.717, 1.165) is 0 Å². The summed E-state index contributed by atoms with van der Waals surface area (Å²) in [4.78, 5) is 21.4. The highest BCUT2D eigenvalue weighted by molar-refractivity contribution is 5.69. The number of rotatable bonds is 4. The van der Waals surface area contributed by atoms with Crippen LogP contribution in [0.5, 0.6) is 0 Å². The number of hydrogen-bond donors (Lipinski definition) is 1. The van der Waals surface area contributed by atoms with E-state index in [4.69, 9.17) is 10.5 Å². The molecule has 0 saturated heterocycles. The summed E-state index contributed by atoms with van der Waals surface area (Å²) >= 11 is 0. The van der Waals surface area contributed by atoms with E-state index in [9.17, 15) is 9.59 Å². The second-order valence-corrected chi connectivity index (χ2v) is 3.76. The van der Waals surface area contributed by atoms with Gasteiger partial charge in [-0.1, -0.05) is 13.8 Å². The van der Waals surface area contributed by atoms with Crippen molar-refractivity contribution in [2.75, 3.05) is 0 Å². The lowest BCUT2D eigenvalue weighted by Gasteiger charge is -2.31. The van der Waals surface area contributed by atoms with Gasteiger partial charge in [0.15, 0.2) is 0 Å². The lowest BCUT2D eigenvalue weighted by molar-refractivity contribution is -0.153. The molecule has 0 aliphatic carbocycles. The Morgan fingerprint density at radius 1 is 1.54 bits per heavy atom. The Hall–Kier alpha value is -0.900. The van der Waals surface area contributed by atoms with Crippen molar-refractivity contribution in [1.29, 1.82) is 0 Å². The van der Waals surface area contributed by atoms with Gasteiger partial charge in [0, 0.05) is 6.92 Å². The summed E-state index contributed by atoms with van der Waals surface area (Å²) in [6.07, 6.45) is 0.0446. The molecule has 0 amide bonds. The molecule has 0 aromatic heterocycles. The van der Waals surface area contributed by atoms with Gasteiger partial charge in [-0.15, -0.1) is 0 Å². The van der Waals surface area contributed by atoms with Gasteiger partial charge in [-0.3, -0.25) is 4.79 Å². The van der Waals surface area contributed by atoms with Gasteiger partial charge >= 0.3 is 5.97 Å². The van der Waals surface area contributed by atoms with Gasteiger partial charge in [-0.2, -0.15) is 0 Å². The number of aldehydes is 1. The lowest BCUT2D eigenvalue weighted by atomic mass is 9.89. The van der Waals surface area contributed by atoms with Crippen LogP contribution in [0.4, 0.5) is 0 Å². The van der Waals surface area contributed by atoms with Crippen LogP contribution in [0, 0.1) is 5.92 Å². The van der Waals surface area contributed by atoms with Gasteiger partial charge in [0.25, 0.3) is 0 Å². The first-order valence-corrected chi connectivity index (χ1v) is 4.23. The van der Waals surface area contributed by atoms with Gasteiger partial charge in [-0.05, 0) is 12.8 Å². The molecule has 0 bridgehead atoms. The monoisotopic (exact) mass is 187 g/mol. The predicted octanol–water partition coefficient (Wildman–Crippen LogP) is 0.490. The van der Waals surface area contributed by atoms with Crippen LogP contribution < -0.4 is 5.73 Å². The smallest absolute Gasteiger partial charge is 0.302 e. The molecule has 4 heteroatoms. The number of carbonyl (C=O) groups is 2. The molecule has 4 nitrogen and oxygen atoms in total. The summed E-state index contributed by atoms with van der Waals surface area (Å²) in [6, 6.07) is 0. The fourth-order valence-corrected chi connectivity index (χ4v) is 1.23. The summed E-state index contributed by atoms with van der Waals surface area (Å²) < 4.78 is 4.97. The number of ether oxygens (including phenoxy) is 1. The molecule has 0 saturated carbocycles. The molecular weight excluding hydrogens is 170 g/mol. The molecule has 0 aromatic rings. The summed E-state index contributed by atoms with van der Waals surface area (Å²) in [5.41, 5.74) is 4.55. The second-order valence-electron chi connectivity index (χ2n) is 3.76. The summed E-state index contributed by atoms with van der Waals surface area (Å²) in [7, 11) is 0. The number of carbonyl (C=O) groups excluding carboxylic acids is 2. The molecule has 0 fully saturated rings. The Morgan fingerprint density at radius 2 is 2.00 bits per heavy atom. The average molecular weight is 187 g/mol. The maximum absolute atomic E-state index is 10.7. The SMILES string of the molecule is CC(=O)OC(C(C)C)C(C)(N)C=O. The molecule has 0 aromatic carbocycles. The quantitative estimate of drug-likeness (QED) is 0.513. The number of nitrogens with two attached hydrogens (primary N) is 1. The van der Waals surface area contributed by atoms with Gasteiger partial charge in [0.05, 0.1) is 0 Å². The van der Waals surface area contributed by atoms with E-state index in [1.165, 1.54) is 6.92 Å². The van der Waals surface area contributed by atoms with E-state index in [-0.39, 0.29) is 5.92 Å². The number of esters is 1. The second kappa shape index (κ2) is 4.37. The van der Waals surface area contributed by atoms with Crippen molar-refractivity contribution in [2.45, 2.75) is 39.3 Å². The molecule has 0 rings (SSSR count). The Morgan fingerprint density at radius 3 is 2.23 bits per heavy atom. The summed E-state index contributed by atoms with van der Waals surface area (Å²) in [5.74, 6) is -0.402. The standard InChI is InChI=1S/C9H17NO3/c1-6(2)8(13-7(3)12)9(4,10)5-11/h5-6,8H,10H2,1-4H3. The fourth-order valence-electron chi connectivity index (χ4n) is 1.23. The molecule has 76 valence electrons. The molecule has 0 spiro atoms. The average Bonchev–Trinajstić information content (AvgIpc) is 1.99. The van der Waals surface area contributed by atoms with E-state index in [1.54, 1.807) is 6.92 Å². The highest BCUT2D eigenvalue weighted by Crippen LogP contribution is 2.17. The van der Waals surface area contributed by atoms with E-state index < -0.39 is 17.6 Å². The Bertz CT molecular complexity index is 199. The van der Waals surface area contributed by atoms with Crippen LogP contribution in [0.25, 0.3) is 0 Å². The molecular formula is C9H17NO3. The summed E-state index contributed by atoms with van der Waals surface area (Å²) in [5, 5.41) is 0. The van der Waals surface area contributed by atoms with E-state index in [1.807, 2.05) is 13.8 Å². The zero-order chi connectivity index (χ0) is 10.6. The number of hydrogen-bond acceptors (Lipinski definition) is 4. The molecule has 13 heavy (non-hydrogen) atoms. The van der Waals surface area contributed by atoms with Crippen molar-refractivity contribution in [3.63, 3.8) is 0 Å². The minimum Gasteiger partial charge on any atom is -0.460 e. The first-order chi connectivity index (χ1) is 5.81. The maximum Gasteiger partial charge on any atom is 0.302 e. The van der Waals surface area contributed by atoms with Crippen molar-refractivity contribution in [3.05, 3.63) is 0 Å². The third-order valence-corrected chi connectivity index (χ3v) is 1.77. The van der Waals surface area contributed by atoms with Gasteiger partial charge in [0.1, 0.15) is 17.9 Å². The molecule has 2 N–H and O–H groups in total. The van der Waals surface area contributed by atoms with Crippen LogP contribution in [-0.4, -0.2) is 23.9 Å².